The lowest BCUT2D eigenvalue weighted by atomic mass is 10.1. The second kappa shape index (κ2) is 2.78. The highest BCUT2D eigenvalue weighted by molar-refractivity contribution is 5.88. The molecule has 0 N–H and O–H groups in total. The van der Waals surface area contributed by atoms with E-state index >= 15 is 0 Å². The number of halogens is 1. The summed E-state index contributed by atoms with van der Waals surface area (Å²) in [5, 5.41) is 0. The summed E-state index contributed by atoms with van der Waals surface area (Å²) >= 11 is 0. The number of hydrogen-bond donors (Lipinski definition) is 0. The number of ketones is 1. The number of rotatable bonds is 1. The maximum atomic E-state index is 13.2. The monoisotopic (exact) mass is 173 g/mol. The van der Waals surface area contributed by atoms with Gasteiger partial charge in [0.15, 0.2) is 5.78 Å². The fraction of sp³-hybridized carbons (Fsp3) is 0.875. The quantitative estimate of drug-likeness (QED) is 0.559. The van der Waals surface area contributed by atoms with E-state index in [1.54, 1.807) is 0 Å². The van der Waals surface area contributed by atoms with Gasteiger partial charge in [0, 0.05) is 6.54 Å². The molecule has 2 rings (SSSR count). The summed E-state index contributed by atoms with van der Waals surface area (Å²) in [6, 6.07) is -0.301. The number of Topliss-reactive ketones (excluding diaryl/α,β-unsaturated/α-hetero) is 1. The summed E-state index contributed by atoms with van der Waals surface area (Å²) in [5.41, 5.74) is 0. The molecule has 2 aliphatic rings. The molecule has 0 radical (unpaired) electrons. The number of hydrogen-bond acceptors (Lipinski definition) is 3. The van der Waals surface area contributed by atoms with E-state index in [1.165, 1.54) is 0 Å². The van der Waals surface area contributed by atoms with Crippen molar-refractivity contribution < 1.29 is 13.9 Å². The third-order valence-electron chi connectivity index (χ3n) is 2.62. The van der Waals surface area contributed by atoms with Gasteiger partial charge in [-0.2, -0.15) is 0 Å². The molecule has 3 nitrogen and oxygen atoms in total. The van der Waals surface area contributed by atoms with Crippen molar-refractivity contribution in [3.05, 3.63) is 0 Å². The van der Waals surface area contributed by atoms with Gasteiger partial charge in [0.1, 0.15) is 24.9 Å². The van der Waals surface area contributed by atoms with Crippen molar-refractivity contribution in [2.24, 2.45) is 0 Å². The third-order valence-corrected chi connectivity index (χ3v) is 2.62. The molecule has 0 bridgehead atoms. The number of ether oxygens (including phenoxy) is 1. The second-order valence-corrected chi connectivity index (χ2v) is 3.29. The smallest absolute Gasteiger partial charge is 0.178 e. The van der Waals surface area contributed by atoms with Gasteiger partial charge < -0.3 is 4.74 Å². The maximum Gasteiger partial charge on any atom is 0.178 e. The van der Waals surface area contributed by atoms with Crippen LogP contribution in [0, 0.1) is 0 Å². The number of likely N-dealkylation sites (tertiary alicyclic amines) is 1. The highest BCUT2D eigenvalue weighted by Gasteiger charge is 2.50. The molecule has 0 amide bonds. The molecule has 0 aromatic rings. The largest absolute Gasteiger partial charge is 0.365 e. The first-order valence-electron chi connectivity index (χ1n) is 4.26. The van der Waals surface area contributed by atoms with E-state index < -0.39 is 12.3 Å². The molecule has 2 fully saturated rings. The van der Waals surface area contributed by atoms with E-state index in [2.05, 4.69) is 0 Å². The minimum Gasteiger partial charge on any atom is -0.365 e. The number of nitrogens with zero attached hydrogens (tertiary/aromatic N) is 1. The molecule has 3 atom stereocenters. The van der Waals surface area contributed by atoms with Crippen molar-refractivity contribution in [3.8, 4) is 0 Å². The summed E-state index contributed by atoms with van der Waals surface area (Å²) in [6.07, 6.45) is -1.47. The van der Waals surface area contributed by atoms with Crippen LogP contribution in [-0.2, 0) is 9.53 Å². The molecule has 2 heterocycles. The molecule has 0 spiro atoms. The van der Waals surface area contributed by atoms with Crippen LogP contribution in [0.1, 0.15) is 6.92 Å². The number of alkyl halides is 1. The van der Waals surface area contributed by atoms with Crippen molar-refractivity contribution in [2.45, 2.75) is 25.2 Å². The molecule has 0 aliphatic carbocycles. The molecule has 0 unspecified atom stereocenters. The Labute approximate surface area is 70.5 Å². The van der Waals surface area contributed by atoms with E-state index in [1.807, 2.05) is 11.8 Å². The zero-order valence-electron chi connectivity index (χ0n) is 7.00. The summed E-state index contributed by atoms with van der Waals surface area (Å²) < 4.78 is 18.2. The minimum atomic E-state index is -0.985. The lowest BCUT2D eigenvalue weighted by Gasteiger charge is -2.17. The maximum absolute atomic E-state index is 13.2. The van der Waals surface area contributed by atoms with Gasteiger partial charge in [0.25, 0.3) is 0 Å². The van der Waals surface area contributed by atoms with Gasteiger partial charge in [-0.3, -0.25) is 9.69 Å². The van der Waals surface area contributed by atoms with Crippen LogP contribution in [0.3, 0.4) is 0 Å². The SMILES string of the molecule is CCN1C[C@@H](F)[C@H]2OCC(=O)[C@H]21. The summed E-state index contributed by atoms with van der Waals surface area (Å²) in [6.45, 7) is 3.08. The molecule has 0 saturated carbocycles. The van der Waals surface area contributed by atoms with Gasteiger partial charge in [-0.1, -0.05) is 6.92 Å². The van der Waals surface area contributed by atoms with Crippen LogP contribution >= 0.6 is 0 Å². The molecule has 2 aliphatic heterocycles. The molecule has 0 aromatic heterocycles. The Balaban J connectivity index is 2.18. The zero-order chi connectivity index (χ0) is 8.72. The molecule has 2 saturated heterocycles. The predicted molar refractivity (Wildman–Crippen MR) is 40.7 cm³/mol. The highest BCUT2D eigenvalue weighted by atomic mass is 19.1. The van der Waals surface area contributed by atoms with Crippen LogP contribution in [0.5, 0.6) is 0 Å². The van der Waals surface area contributed by atoms with Gasteiger partial charge in [-0.05, 0) is 6.54 Å². The van der Waals surface area contributed by atoms with E-state index in [0.29, 0.717) is 6.54 Å². The first-order chi connectivity index (χ1) is 5.74. The number of likely N-dealkylation sites (N-methyl/N-ethyl adjacent to an activating group) is 1. The molecule has 12 heavy (non-hydrogen) atoms. The Kier molecular flexibility index (Phi) is 1.88. The molecule has 4 heteroatoms. The van der Waals surface area contributed by atoms with Crippen LogP contribution in [0.4, 0.5) is 4.39 Å². The first-order valence-corrected chi connectivity index (χ1v) is 4.26. The van der Waals surface area contributed by atoms with Crippen LogP contribution in [0.25, 0.3) is 0 Å². The van der Waals surface area contributed by atoms with Crippen LogP contribution < -0.4 is 0 Å². The Bertz CT molecular complexity index is 209. The number of carbonyl (C=O) groups is 1. The average molecular weight is 173 g/mol. The predicted octanol–water partition coefficient (Wildman–Crippen LogP) is -0.00350. The number of fused-ring (bicyclic) bond motifs is 1. The van der Waals surface area contributed by atoms with E-state index in [4.69, 9.17) is 4.74 Å². The van der Waals surface area contributed by atoms with Crippen molar-refractivity contribution in [1.29, 1.82) is 0 Å². The van der Waals surface area contributed by atoms with Gasteiger partial charge in [0.05, 0.1) is 0 Å². The first kappa shape index (κ1) is 8.13. The minimum absolute atomic E-state index is 0.0296. The van der Waals surface area contributed by atoms with E-state index in [9.17, 15) is 9.18 Å². The third kappa shape index (κ3) is 0.983. The van der Waals surface area contributed by atoms with E-state index in [-0.39, 0.29) is 18.4 Å². The lowest BCUT2D eigenvalue weighted by molar-refractivity contribution is -0.121. The average Bonchev–Trinajstić information content (AvgIpc) is 2.56. The van der Waals surface area contributed by atoms with Crippen LogP contribution in [0.2, 0.25) is 0 Å². The van der Waals surface area contributed by atoms with E-state index in [0.717, 1.165) is 6.54 Å². The van der Waals surface area contributed by atoms with Crippen molar-refractivity contribution in [2.75, 3.05) is 19.7 Å². The van der Waals surface area contributed by atoms with Gasteiger partial charge in [0.2, 0.25) is 0 Å². The van der Waals surface area contributed by atoms with Gasteiger partial charge in [-0.15, -0.1) is 0 Å². The normalized spacial score (nSPS) is 42.2. The Morgan fingerprint density at radius 3 is 3.17 bits per heavy atom. The zero-order valence-corrected chi connectivity index (χ0v) is 7.00. The van der Waals surface area contributed by atoms with Gasteiger partial charge in [-0.25, -0.2) is 4.39 Å². The highest BCUT2D eigenvalue weighted by Crippen LogP contribution is 2.28. The fourth-order valence-electron chi connectivity index (χ4n) is 2.02. The second-order valence-electron chi connectivity index (χ2n) is 3.29. The summed E-state index contributed by atoms with van der Waals surface area (Å²) in [4.78, 5) is 13.1. The molecule has 0 aromatic carbocycles. The lowest BCUT2D eigenvalue weighted by Crippen LogP contribution is -2.37. The van der Waals surface area contributed by atoms with Crippen LogP contribution in [0.15, 0.2) is 0 Å². The topological polar surface area (TPSA) is 29.5 Å². The molecular formula is C8H12FNO2. The van der Waals surface area contributed by atoms with Crippen molar-refractivity contribution in [1.82, 2.24) is 4.90 Å². The Morgan fingerprint density at radius 2 is 2.50 bits per heavy atom. The summed E-state index contributed by atoms with van der Waals surface area (Å²) in [5.74, 6) is 0.0296. The van der Waals surface area contributed by atoms with Crippen molar-refractivity contribution >= 4 is 5.78 Å². The Morgan fingerprint density at radius 1 is 1.75 bits per heavy atom. The summed E-state index contributed by atoms with van der Waals surface area (Å²) in [7, 11) is 0. The van der Waals surface area contributed by atoms with Gasteiger partial charge >= 0.3 is 0 Å². The Hall–Kier alpha value is -0.480. The number of carbonyl (C=O) groups excluding carboxylic acids is 1. The molecular weight excluding hydrogens is 161 g/mol. The van der Waals surface area contributed by atoms with Crippen molar-refractivity contribution in [3.63, 3.8) is 0 Å². The fourth-order valence-corrected chi connectivity index (χ4v) is 2.02. The molecule has 68 valence electrons. The standard InChI is InChI=1S/C8H12FNO2/c1-2-10-3-5(9)8-7(10)6(11)4-12-8/h5,7-8H,2-4H2,1H3/t5-,7-,8-/m1/s1. The van der Waals surface area contributed by atoms with Crippen LogP contribution in [-0.4, -0.2) is 48.7 Å².